The largest absolute Gasteiger partial charge is 0.341 e. The predicted octanol–water partition coefficient (Wildman–Crippen LogP) is 4.40. The van der Waals surface area contributed by atoms with Gasteiger partial charge in [0.05, 0.1) is 22.4 Å². The average Bonchev–Trinajstić information content (AvgIpc) is 2.96. The first kappa shape index (κ1) is 13.7. The third kappa shape index (κ3) is 2.17. The molecule has 3 rings (SSSR count). The van der Waals surface area contributed by atoms with E-state index in [4.69, 9.17) is 11.6 Å². The van der Waals surface area contributed by atoms with Gasteiger partial charge in [-0.2, -0.15) is 5.10 Å². The van der Waals surface area contributed by atoms with Gasteiger partial charge < -0.3 is 4.57 Å². The number of hydrogen-bond acceptors (Lipinski definition) is 1. The van der Waals surface area contributed by atoms with Crippen LogP contribution in [0.1, 0.15) is 18.3 Å². The number of hydrogen-bond donors (Lipinski definition) is 0. The molecule has 0 saturated heterocycles. The second-order valence-corrected chi connectivity index (χ2v) is 6.00. The summed E-state index contributed by atoms with van der Waals surface area (Å²) in [5.41, 5.74) is 3.40. The van der Waals surface area contributed by atoms with Crippen LogP contribution in [0.5, 0.6) is 0 Å². The Morgan fingerprint density at radius 2 is 2.10 bits per heavy atom. The van der Waals surface area contributed by atoms with Gasteiger partial charge in [-0.15, -0.1) is 0 Å². The lowest BCUT2D eigenvalue weighted by atomic mass is 10.2. The predicted molar refractivity (Wildman–Crippen MR) is 86.3 cm³/mol. The molecular formula is C15H15BrClN3. The van der Waals surface area contributed by atoms with Gasteiger partial charge in [-0.05, 0) is 40.5 Å². The minimum atomic E-state index is 0.772. The van der Waals surface area contributed by atoms with E-state index in [2.05, 4.69) is 50.8 Å². The van der Waals surface area contributed by atoms with Crippen LogP contribution in [0.4, 0.5) is 0 Å². The maximum atomic E-state index is 6.22. The molecule has 0 fully saturated rings. The van der Waals surface area contributed by atoms with Gasteiger partial charge in [-0.3, -0.25) is 4.68 Å². The van der Waals surface area contributed by atoms with Gasteiger partial charge in [0.15, 0.2) is 0 Å². The lowest BCUT2D eigenvalue weighted by molar-refractivity contribution is 0.668. The van der Waals surface area contributed by atoms with Crippen LogP contribution in [0.25, 0.3) is 10.9 Å². The van der Waals surface area contributed by atoms with Crippen LogP contribution < -0.4 is 0 Å². The lowest BCUT2D eigenvalue weighted by Crippen LogP contribution is -2.05. The van der Waals surface area contributed by atoms with Crippen molar-refractivity contribution in [3.8, 4) is 0 Å². The summed E-state index contributed by atoms with van der Waals surface area (Å²) in [5, 5.41) is 6.41. The van der Waals surface area contributed by atoms with Crippen LogP contribution in [-0.4, -0.2) is 14.3 Å². The fourth-order valence-corrected chi connectivity index (χ4v) is 3.45. The van der Waals surface area contributed by atoms with Crippen LogP contribution >= 0.6 is 27.5 Å². The zero-order valence-corrected chi connectivity index (χ0v) is 13.7. The Balaban J connectivity index is 2.06. The molecule has 0 aliphatic carbocycles. The van der Waals surface area contributed by atoms with Crippen molar-refractivity contribution in [2.45, 2.75) is 19.9 Å². The minimum Gasteiger partial charge on any atom is -0.341 e. The van der Waals surface area contributed by atoms with Crippen LogP contribution in [0.15, 0.2) is 34.9 Å². The van der Waals surface area contributed by atoms with Crippen LogP contribution in [-0.2, 0) is 20.0 Å². The normalized spacial score (nSPS) is 11.4. The summed E-state index contributed by atoms with van der Waals surface area (Å²) in [4.78, 5) is 0. The number of halogens is 2. The standard InChI is InChI=1S/C15H15BrClN3/c1-3-12-15(16)14(19(2)18-12)9-20-8-7-10-11(17)5-4-6-13(10)20/h4-8H,3,9H2,1-2H3. The molecule has 104 valence electrons. The van der Waals surface area contributed by atoms with Gasteiger partial charge >= 0.3 is 0 Å². The summed E-state index contributed by atoms with van der Waals surface area (Å²) >= 11 is 9.89. The molecule has 0 amide bonds. The SMILES string of the molecule is CCc1nn(C)c(Cn2ccc3c(Cl)cccc32)c1Br. The van der Waals surface area contributed by atoms with Gasteiger partial charge in [0, 0.05) is 29.2 Å². The van der Waals surface area contributed by atoms with E-state index in [1.54, 1.807) is 0 Å². The van der Waals surface area contributed by atoms with E-state index < -0.39 is 0 Å². The molecular weight excluding hydrogens is 338 g/mol. The summed E-state index contributed by atoms with van der Waals surface area (Å²) in [6, 6.07) is 8.05. The van der Waals surface area contributed by atoms with Crippen molar-refractivity contribution in [2.24, 2.45) is 7.05 Å². The molecule has 0 saturated carbocycles. The second-order valence-electron chi connectivity index (χ2n) is 4.80. The highest BCUT2D eigenvalue weighted by atomic mass is 79.9. The Hall–Kier alpha value is -1.26. The summed E-state index contributed by atoms with van der Waals surface area (Å²) in [6.45, 7) is 2.88. The molecule has 2 aromatic heterocycles. The lowest BCUT2D eigenvalue weighted by Gasteiger charge is -2.07. The minimum absolute atomic E-state index is 0.772. The molecule has 2 heterocycles. The highest BCUT2D eigenvalue weighted by molar-refractivity contribution is 9.10. The van der Waals surface area contributed by atoms with Crippen LogP contribution in [0.3, 0.4) is 0 Å². The Morgan fingerprint density at radius 1 is 1.30 bits per heavy atom. The number of rotatable bonds is 3. The monoisotopic (exact) mass is 351 g/mol. The van der Waals surface area contributed by atoms with Crippen LogP contribution in [0.2, 0.25) is 5.02 Å². The number of fused-ring (bicyclic) bond motifs is 1. The van der Waals surface area contributed by atoms with Crippen molar-refractivity contribution >= 4 is 38.4 Å². The Bertz CT molecular complexity index is 773. The van der Waals surface area contributed by atoms with Gasteiger partial charge in [-0.25, -0.2) is 0 Å². The molecule has 0 aliphatic heterocycles. The third-order valence-corrected chi connectivity index (χ3v) is 4.83. The zero-order valence-electron chi connectivity index (χ0n) is 11.4. The van der Waals surface area contributed by atoms with Crippen molar-refractivity contribution in [3.05, 3.63) is 51.3 Å². The van der Waals surface area contributed by atoms with Gasteiger partial charge in [0.2, 0.25) is 0 Å². The number of benzene rings is 1. The van der Waals surface area contributed by atoms with Crippen LogP contribution in [0, 0.1) is 0 Å². The smallest absolute Gasteiger partial charge is 0.0767 e. The van der Waals surface area contributed by atoms with Gasteiger partial charge in [0.25, 0.3) is 0 Å². The fraction of sp³-hybridized carbons (Fsp3) is 0.267. The van der Waals surface area contributed by atoms with Crippen molar-refractivity contribution < 1.29 is 0 Å². The first-order valence-corrected chi connectivity index (χ1v) is 7.72. The van der Waals surface area contributed by atoms with Crippen molar-refractivity contribution in [1.82, 2.24) is 14.3 Å². The van der Waals surface area contributed by atoms with E-state index in [-0.39, 0.29) is 0 Å². The summed E-state index contributed by atoms with van der Waals surface area (Å²) in [6.07, 6.45) is 2.99. The number of nitrogens with zero attached hydrogens (tertiary/aromatic N) is 3. The molecule has 0 N–H and O–H groups in total. The summed E-state index contributed by atoms with van der Waals surface area (Å²) in [5.74, 6) is 0. The van der Waals surface area contributed by atoms with Gasteiger partial charge in [-0.1, -0.05) is 24.6 Å². The van der Waals surface area contributed by atoms with E-state index >= 15 is 0 Å². The molecule has 0 radical (unpaired) electrons. The molecule has 0 aliphatic rings. The van der Waals surface area contributed by atoms with Gasteiger partial charge in [0.1, 0.15) is 0 Å². The third-order valence-electron chi connectivity index (χ3n) is 3.58. The van der Waals surface area contributed by atoms with Crippen molar-refractivity contribution in [2.75, 3.05) is 0 Å². The molecule has 5 heteroatoms. The van der Waals surface area contributed by atoms with Crippen molar-refractivity contribution in [1.29, 1.82) is 0 Å². The molecule has 0 spiro atoms. The zero-order chi connectivity index (χ0) is 14.3. The van der Waals surface area contributed by atoms with Crippen molar-refractivity contribution in [3.63, 3.8) is 0 Å². The highest BCUT2D eigenvalue weighted by Gasteiger charge is 2.14. The summed E-state index contributed by atoms with van der Waals surface area (Å²) < 4.78 is 5.24. The van der Waals surface area contributed by atoms with E-state index in [9.17, 15) is 0 Å². The molecule has 0 bridgehead atoms. The van der Waals surface area contributed by atoms with E-state index in [1.807, 2.05) is 23.9 Å². The molecule has 3 nitrogen and oxygen atoms in total. The van der Waals surface area contributed by atoms with E-state index in [1.165, 1.54) is 5.69 Å². The Kier molecular flexibility index (Phi) is 3.61. The Morgan fingerprint density at radius 3 is 2.80 bits per heavy atom. The molecule has 20 heavy (non-hydrogen) atoms. The fourth-order valence-electron chi connectivity index (χ4n) is 2.48. The molecule has 0 unspecified atom stereocenters. The maximum Gasteiger partial charge on any atom is 0.0767 e. The highest BCUT2D eigenvalue weighted by Crippen LogP contribution is 2.27. The molecule has 1 aromatic carbocycles. The first-order chi connectivity index (χ1) is 9.61. The molecule has 3 aromatic rings. The summed E-state index contributed by atoms with van der Waals surface area (Å²) in [7, 11) is 1.98. The number of aromatic nitrogens is 3. The number of aryl methyl sites for hydroxylation is 2. The topological polar surface area (TPSA) is 22.8 Å². The Labute approximate surface area is 131 Å². The van der Waals surface area contributed by atoms with E-state index in [0.717, 1.165) is 39.1 Å². The van der Waals surface area contributed by atoms with E-state index in [0.29, 0.717) is 0 Å². The molecule has 0 atom stereocenters. The average molecular weight is 353 g/mol. The maximum absolute atomic E-state index is 6.22. The quantitative estimate of drug-likeness (QED) is 0.685. The first-order valence-electron chi connectivity index (χ1n) is 6.55. The second kappa shape index (κ2) is 5.26.